The van der Waals surface area contributed by atoms with Crippen molar-refractivity contribution in [2.24, 2.45) is 5.92 Å². The topological polar surface area (TPSA) is 57.9 Å². The monoisotopic (exact) mass is 335 g/mol. The molecule has 0 aliphatic heterocycles. The molecule has 3 atom stereocenters. The Balaban J connectivity index is 1.98. The number of benzene rings is 2. The highest BCUT2D eigenvalue weighted by Gasteiger charge is 2.59. The minimum atomic E-state index is -3.66. The minimum Gasteiger partial charge on any atom is -0.223 e. The molecule has 0 bridgehead atoms. The number of rotatable bonds is 3. The van der Waals surface area contributed by atoms with E-state index in [2.05, 4.69) is 0 Å². The van der Waals surface area contributed by atoms with E-state index in [0.717, 1.165) is 0 Å². The fourth-order valence-electron chi connectivity index (χ4n) is 2.72. The molecule has 1 fully saturated rings. The van der Waals surface area contributed by atoms with Gasteiger partial charge < -0.3 is 0 Å². The first kappa shape index (κ1) is 15.0. The molecular formula is C16H11ClFNO2S. The van der Waals surface area contributed by atoms with E-state index in [1.807, 2.05) is 6.07 Å². The molecule has 1 aliphatic rings. The minimum absolute atomic E-state index is 0.126. The lowest BCUT2D eigenvalue weighted by Gasteiger charge is -2.04. The zero-order valence-corrected chi connectivity index (χ0v) is 12.9. The molecule has 0 radical (unpaired) electrons. The normalized spacial score (nSPS) is 23.8. The van der Waals surface area contributed by atoms with Crippen LogP contribution in [0.4, 0.5) is 4.39 Å². The first-order chi connectivity index (χ1) is 10.4. The van der Waals surface area contributed by atoms with Crippen molar-refractivity contribution >= 4 is 21.4 Å². The van der Waals surface area contributed by atoms with E-state index in [-0.39, 0.29) is 4.90 Å². The van der Waals surface area contributed by atoms with Gasteiger partial charge in [-0.05, 0) is 42.0 Å². The van der Waals surface area contributed by atoms with Crippen LogP contribution in [0.15, 0.2) is 53.4 Å². The van der Waals surface area contributed by atoms with Crippen LogP contribution in [0.1, 0.15) is 11.5 Å². The molecular weight excluding hydrogens is 325 g/mol. The van der Waals surface area contributed by atoms with Gasteiger partial charge >= 0.3 is 0 Å². The molecule has 3 nitrogen and oxygen atoms in total. The summed E-state index contributed by atoms with van der Waals surface area (Å²) in [6.07, 6.45) is 0. The Labute approximate surface area is 132 Å². The van der Waals surface area contributed by atoms with Crippen LogP contribution in [-0.4, -0.2) is 13.7 Å². The van der Waals surface area contributed by atoms with Gasteiger partial charge in [-0.25, -0.2) is 12.8 Å². The average Bonchev–Trinajstić information content (AvgIpc) is 3.23. The lowest BCUT2D eigenvalue weighted by Crippen LogP contribution is -2.10. The molecule has 2 aromatic rings. The maximum Gasteiger partial charge on any atom is 0.183 e. The Bertz CT molecular complexity index is 858. The summed E-state index contributed by atoms with van der Waals surface area (Å²) in [7, 11) is -3.66. The van der Waals surface area contributed by atoms with Crippen molar-refractivity contribution < 1.29 is 12.8 Å². The number of halogens is 2. The lowest BCUT2D eigenvalue weighted by atomic mass is 10.1. The molecule has 0 saturated heterocycles. The van der Waals surface area contributed by atoms with Gasteiger partial charge in [0.25, 0.3) is 0 Å². The molecule has 0 unspecified atom stereocenters. The van der Waals surface area contributed by atoms with E-state index in [0.29, 0.717) is 10.6 Å². The maximum atomic E-state index is 13.3. The Morgan fingerprint density at radius 2 is 1.82 bits per heavy atom. The van der Waals surface area contributed by atoms with Gasteiger partial charge in [0.05, 0.1) is 22.1 Å². The summed E-state index contributed by atoms with van der Waals surface area (Å²) in [5, 5.41) is 8.79. The van der Waals surface area contributed by atoms with E-state index in [1.54, 1.807) is 6.07 Å². The van der Waals surface area contributed by atoms with Crippen LogP contribution in [0.5, 0.6) is 0 Å². The third kappa shape index (κ3) is 2.49. The Hall–Kier alpha value is -1.90. The summed E-state index contributed by atoms with van der Waals surface area (Å²) in [5.41, 5.74) is 0.536. The molecule has 0 spiro atoms. The standard InChI is InChI=1S/C16H11ClFNO2S/c17-11-4-6-13(7-5-11)22(20,21)16-14(9-19)15(16)10-2-1-3-12(18)8-10/h1-8,14-16H/t14-,15+,16+/m1/s1. The highest BCUT2D eigenvalue weighted by Crippen LogP contribution is 2.53. The van der Waals surface area contributed by atoms with E-state index in [1.165, 1.54) is 42.5 Å². The quantitative estimate of drug-likeness (QED) is 0.861. The SMILES string of the molecule is N#C[C@@H]1[C@H](c2cccc(F)c2)[C@H]1S(=O)(=O)c1ccc(Cl)cc1. The first-order valence-corrected chi connectivity index (χ1v) is 8.52. The lowest BCUT2D eigenvalue weighted by molar-refractivity contribution is 0.593. The van der Waals surface area contributed by atoms with Crippen LogP contribution in [0.25, 0.3) is 0 Å². The average molecular weight is 336 g/mol. The van der Waals surface area contributed by atoms with Crippen LogP contribution in [0, 0.1) is 23.1 Å². The third-order valence-corrected chi connectivity index (χ3v) is 6.32. The molecule has 1 saturated carbocycles. The highest BCUT2D eigenvalue weighted by atomic mass is 35.5. The molecule has 112 valence electrons. The molecule has 2 aromatic carbocycles. The van der Waals surface area contributed by atoms with E-state index in [4.69, 9.17) is 11.6 Å². The van der Waals surface area contributed by atoms with Crippen LogP contribution in [0.3, 0.4) is 0 Å². The van der Waals surface area contributed by atoms with Crippen molar-refractivity contribution in [1.29, 1.82) is 5.26 Å². The second-order valence-electron chi connectivity index (χ2n) is 5.20. The summed E-state index contributed by atoms with van der Waals surface area (Å²) in [6.45, 7) is 0. The molecule has 0 amide bonds. The number of sulfone groups is 1. The van der Waals surface area contributed by atoms with Gasteiger partial charge in [-0.15, -0.1) is 0 Å². The fourth-order valence-corrected chi connectivity index (χ4v) is 4.91. The first-order valence-electron chi connectivity index (χ1n) is 6.59. The molecule has 0 N–H and O–H groups in total. The number of hydrogen-bond acceptors (Lipinski definition) is 3. The smallest absolute Gasteiger partial charge is 0.183 e. The summed E-state index contributed by atoms with van der Waals surface area (Å²) < 4.78 is 38.6. The summed E-state index contributed by atoms with van der Waals surface area (Å²) >= 11 is 5.77. The number of hydrogen-bond donors (Lipinski definition) is 0. The van der Waals surface area contributed by atoms with Gasteiger partial charge in [0.1, 0.15) is 5.82 Å². The molecule has 3 rings (SSSR count). The van der Waals surface area contributed by atoms with E-state index < -0.39 is 32.7 Å². The predicted molar refractivity (Wildman–Crippen MR) is 80.7 cm³/mol. The van der Waals surface area contributed by atoms with Gasteiger partial charge in [0, 0.05) is 10.9 Å². The van der Waals surface area contributed by atoms with Crippen molar-refractivity contribution in [3.8, 4) is 6.07 Å². The Morgan fingerprint density at radius 1 is 1.14 bits per heavy atom. The zero-order chi connectivity index (χ0) is 15.9. The summed E-state index contributed by atoms with van der Waals surface area (Å²) in [6, 6.07) is 13.6. The van der Waals surface area contributed by atoms with Crippen molar-refractivity contribution in [2.75, 3.05) is 0 Å². The van der Waals surface area contributed by atoms with Gasteiger partial charge in [-0.1, -0.05) is 23.7 Å². The maximum absolute atomic E-state index is 13.3. The summed E-state index contributed by atoms with van der Waals surface area (Å²) in [5.74, 6) is -1.60. The zero-order valence-electron chi connectivity index (χ0n) is 11.3. The van der Waals surface area contributed by atoms with Crippen LogP contribution >= 0.6 is 11.6 Å². The molecule has 6 heteroatoms. The van der Waals surface area contributed by atoms with Crippen molar-refractivity contribution in [1.82, 2.24) is 0 Å². The number of nitriles is 1. The fraction of sp³-hybridized carbons (Fsp3) is 0.188. The van der Waals surface area contributed by atoms with Crippen molar-refractivity contribution in [3.05, 3.63) is 64.9 Å². The largest absolute Gasteiger partial charge is 0.223 e. The van der Waals surface area contributed by atoms with Gasteiger partial charge in [0.15, 0.2) is 9.84 Å². The molecule has 0 aromatic heterocycles. The van der Waals surface area contributed by atoms with Gasteiger partial charge in [-0.2, -0.15) is 5.26 Å². The Kier molecular flexibility index (Phi) is 3.67. The van der Waals surface area contributed by atoms with Crippen LogP contribution in [-0.2, 0) is 9.84 Å². The highest BCUT2D eigenvalue weighted by molar-refractivity contribution is 7.92. The van der Waals surface area contributed by atoms with E-state index >= 15 is 0 Å². The second-order valence-corrected chi connectivity index (χ2v) is 7.74. The Morgan fingerprint density at radius 3 is 2.41 bits per heavy atom. The van der Waals surface area contributed by atoms with E-state index in [9.17, 15) is 18.1 Å². The van der Waals surface area contributed by atoms with Crippen LogP contribution < -0.4 is 0 Å². The second kappa shape index (κ2) is 5.38. The van der Waals surface area contributed by atoms with Crippen LogP contribution in [0.2, 0.25) is 5.02 Å². The van der Waals surface area contributed by atoms with Crippen molar-refractivity contribution in [2.45, 2.75) is 16.1 Å². The van der Waals surface area contributed by atoms with Gasteiger partial charge in [-0.3, -0.25) is 0 Å². The molecule has 0 heterocycles. The van der Waals surface area contributed by atoms with Gasteiger partial charge in [0.2, 0.25) is 0 Å². The molecule has 1 aliphatic carbocycles. The summed E-state index contributed by atoms with van der Waals surface area (Å²) in [4.78, 5) is 0.126. The number of nitrogens with zero attached hydrogens (tertiary/aromatic N) is 1. The molecule has 22 heavy (non-hydrogen) atoms. The third-order valence-electron chi connectivity index (χ3n) is 3.84. The van der Waals surface area contributed by atoms with Crippen molar-refractivity contribution in [3.63, 3.8) is 0 Å². The predicted octanol–water partition coefficient (Wildman–Crippen LogP) is 3.56.